The maximum Gasteiger partial charge on any atom is 0.433 e. The molecular formula is C9H8F3NO3. The monoisotopic (exact) mass is 235 g/mol. The number of carbonyl (C=O) groups excluding carboxylic acids is 1. The number of rotatable bonds is 3. The molecular weight excluding hydrogens is 227 g/mol. The minimum atomic E-state index is -4.54. The topological polar surface area (TPSA) is 48.4 Å². The third-order valence-corrected chi connectivity index (χ3v) is 1.61. The highest BCUT2D eigenvalue weighted by Crippen LogP contribution is 2.29. The molecule has 1 aromatic heterocycles. The van der Waals surface area contributed by atoms with Gasteiger partial charge < -0.3 is 9.47 Å². The minimum absolute atomic E-state index is 0.0901. The molecule has 4 nitrogen and oxygen atoms in total. The third kappa shape index (κ3) is 3.41. The first-order valence-corrected chi connectivity index (χ1v) is 4.16. The van der Waals surface area contributed by atoms with E-state index in [-0.39, 0.29) is 5.75 Å². The van der Waals surface area contributed by atoms with Gasteiger partial charge in [0.2, 0.25) is 0 Å². The van der Waals surface area contributed by atoms with E-state index in [1.807, 2.05) is 0 Å². The molecule has 16 heavy (non-hydrogen) atoms. The maximum absolute atomic E-state index is 12.2. The SMILES string of the molecule is COC(=O)COc1ccnc(C(F)(F)F)c1. The molecule has 0 atom stereocenters. The molecule has 88 valence electrons. The van der Waals surface area contributed by atoms with Crippen molar-refractivity contribution in [1.29, 1.82) is 0 Å². The Morgan fingerprint density at radius 1 is 1.50 bits per heavy atom. The van der Waals surface area contributed by atoms with E-state index in [0.29, 0.717) is 6.07 Å². The normalized spacial score (nSPS) is 11.0. The molecule has 0 aliphatic carbocycles. The van der Waals surface area contributed by atoms with Crippen LogP contribution in [0, 0.1) is 0 Å². The summed E-state index contributed by atoms with van der Waals surface area (Å²) in [5, 5.41) is 0. The molecule has 0 aliphatic rings. The number of aromatic nitrogens is 1. The molecule has 1 aromatic rings. The van der Waals surface area contributed by atoms with E-state index in [1.54, 1.807) is 0 Å². The number of esters is 1. The Morgan fingerprint density at radius 3 is 2.75 bits per heavy atom. The minimum Gasteiger partial charge on any atom is -0.482 e. The average molecular weight is 235 g/mol. The summed E-state index contributed by atoms with van der Waals surface area (Å²) in [7, 11) is 1.15. The molecule has 0 amide bonds. The van der Waals surface area contributed by atoms with Crippen LogP contribution in [0.2, 0.25) is 0 Å². The quantitative estimate of drug-likeness (QED) is 0.747. The van der Waals surface area contributed by atoms with Crippen LogP contribution in [-0.4, -0.2) is 24.7 Å². The van der Waals surface area contributed by atoms with Crippen molar-refractivity contribution in [1.82, 2.24) is 4.98 Å². The van der Waals surface area contributed by atoms with E-state index >= 15 is 0 Å². The van der Waals surface area contributed by atoms with Gasteiger partial charge in [-0.25, -0.2) is 4.79 Å². The maximum atomic E-state index is 12.2. The fourth-order valence-electron chi connectivity index (χ4n) is 0.857. The highest BCUT2D eigenvalue weighted by Gasteiger charge is 2.32. The first-order chi connectivity index (χ1) is 7.43. The Bertz CT molecular complexity index is 379. The van der Waals surface area contributed by atoms with E-state index in [2.05, 4.69) is 9.72 Å². The van der Waals surface area contributed by atoms with Crippen LogP contribution in [0.3, 0.4) is 0 Å². The van der Waals surface area contributed by atoms with Crippen molar-refractivity contribution >= 4 is 5.97 Å². The molecule has 0 saturated heterocycles. The first-order valence-electron chi connectivity index (χ1n) is 4.16. The largest absolute Gasteiger partial charge is 0.482 e. The van der Waals surface area contributed by atoms with Crippen molar-refractivity contribution in [2.24, 2.45) is 0 Å². The molecule has 0 fully saturated rings. The Balaban J connectivity index is 2.72. The Labute approximate surface area is 89.0 Å². The van der Waals surface area contributed by atoms with Gasteiger partial charge in [0.1, 0.15) is 11.4 Å². The van der Waals surface area contributed by atoms with Gasteiger partial charge in [0.15, 0.2) is 6.61 Å². The second kappa shape index (κ2) is 4.82. The number of nitrogens with zero attached hydrogens (tertiary/aromatic N) is 1. The zero-order chi connectivity index (χ0) is 12.2. The average Bonchev–Trinajstić information content (AvgIpc) is 2.25. The van der Waals surface area contributed by atoms with Gasteiger partial charge in [-0.2, -0.15) is 13.2 Å². The molecule has 0 spiro atoms. The number of alkyl halides is 3. The number of hydrogen-bond donors (Lipinski definition) is 0. The summed E-state index contributed by atoms with van der Waals surface area (Å²) in [5.74, 6) is -0.766. The first kappa shape index (κ1) is 12.3. The van der Waals surface area contributed by atoms with Crippen LogP contribution in [0.1, 0.15) is 5.69 Å². The number of carbonyl (C=O) groups is 1. The van der Waals surface area contributed by atoms with E-state index in [0.717, 1.165) is 13.3 Å². The number of ether oxygens (including phenoxy) is 2. The lowest BCUT2D eigenvalue weighted by Gasteiger charge is -2.08. The summed E-state index contributed by atoms with van der Waals surface area (Å²) in [6.45, 7) is -0.447. The van der Waals surface area contributed by atoms with Crippen LogP contribution >= 0.6 is 0 Å². The van der Waals surface area contributed by atoms with E-state index in [4.69, 9.17) is 4.74 Å². The molecule has 0 aromatic carbocycles. The van der Waals surface area contributed by atoms with Crippen LogP contribution in [-0.2, 0) is 15.7 Å². The van der Waals surface area contributed by atoms with E-state index in [9.17, 15) is 18.0 Å². The van der Waals surface area contributed by atoms with Crippen molar-refractivity contribution in [2.45, 2.75) is 6.18 Å². The predicted molar refractivity (Wildman–Crippen MR) is 46.8 cm³/mol. The summed E-state index contributed by atoms with van der Waals surface area (Å²) < 4.78 is 45.7. The zero-order valence-corrected chi connectivity index (χ0v) is 8.25. The van der Waals surface area contributed by atoms with Crippen LogP contribution in [0.25, 0.3) is 0 Å². The van der Waals surface area contributed by atoms with Gasteiger partial charge >= 0.3 is 12.1 Å². The molecule has 7 heteroatoms. The number of methoxy groups -OCH3 is 1. The fraction of sp³-hybridized carbons (Fsp3) is 0.333. The van der Waals surface area contributed by atoms with Crippen molar-refractivity contribution in [3.05, 3.63) is 24.0 Å². The molecule has 0 N–H and O–H groups in total. The Kier molecular flexibility index (Phi) is 3.70. The van der Waals surface area contributed by atoms with Crippen LogP contribution in [0.15, 0.2) is 18.3 Å². The highest BCUT2D eigenvalue weighted by molar-refractivity contribution is 5.70. The summed E-state index contributed by atoms with van der Waals surface area (Å²) in [6, 6.07) is 1.93. The molecule has 0 unspecified atom stereocenters. The molecule has 1 heterocycles. The highest BCUT2D eigenvalue weighted by atomic mass is 19.4. The third-order valence-electron chi connectivity index (χ3n) is 1.61. The number of pyridine rings is 1. The Morgan fingerprint density at radius 2 is 2.19 bits per heavy atom. The van der Waals surface area contributed by atoms with Gasteiger partial charge in [-0.05, 0) is 6.07 Å². The van der Waals surface area contributed by atoms with Gasteiger partial charge in [-0.3, -0.25) is 4.98 Å². The lowest BCUT2D eigenvalue weighted by molar-refractivity contribution is -0.142. The fourth-order valence-corrected chi connectivity index (χ4v) is 0.857. The summed E-state index contributed by atoms with van der Waals surface area (Å²) in [5.41, 5.74) is -1.07. The molecule has 0 radical (unpaired) electrons. The number of halogens is 3. The van der Waals surface area contributed by atoms with Crippen molar-refractivity contribution in [3.8, 4) is 5.75 Å². The summed E-state index contributed by atoms with van der Waals surface area (Å²) in [4.78, 5) is 13.8. The number of hydrogen-bond acceptors (Lipinski definition) is 4. The zero-order valence-electron chi connectivity index (χ0n) is 8.25. The van der Waals surface area contributed by atoms with Gasteiger partial charge in [-0.1, -0.05) is 0 Å². The summed E-state index contributed by atoms with van der Waals surface area (Å²) in [6.07, 6.45) is -3.58. The van der Waals surface area contributed by atoms with Crippen LogP contribution < -0.4 is 4.74 Å². The second-order valence-electron chi connectivity index (χ2n) is 2.74. The van der Waals surface area contributed by atoms with E-state index < -0.39 is 24.4 Å². The molecule has 1 rings (SSSR count). The van der Waals surface area contributed by atoms with Gasteiger partial charge in [-0.15, -0.1) is 0 Å². The van der Waals surface area contributed by atoms with Gasteiger partial charge in [0.05, 0.1) is 7.11 Å². The van der Waals surface area contributed by atoms with Crippen molar-refractivity contribution < 1.29 is 27.4 Å². The Hall–Kier alpha value is -1.79. The smallest absolute Gasteiger partial charge is 0.433 e. The summed E-state index contributed by atoms with van der Waals surface area (Å²) >= 11 is 0. The molecule has 0 bridgehead atoms. The van der Waals surface area contributed by atoms with E-state index in [1.165, 1.54) is 6.07 Å². The van der Waals surface area contributed by atoms with Crippen molar-refractivity contribution in [2.75, 3.05) is 13.7 Å². The van der Waals surface area contributed by atoms with Crippen molar-refractivity contribution in [3.63, 3.8) is 0 Å². The molecule has 0 saturated carbocycles. The lowest BCUT2D eigenvalue weighted by atomic mass is 10.3. The standard InChI is InChI=1S/C9H8F3NO3/c1-15-8(14)5-16-6-2-3-13-7(4-6)9(10,11)12/h2-4H,5H2,1H3. The van der Waals surface area contributed by atoms with Gasteiger partial charge in [0.25, 0.3) is 0 Å². The molecule has 0 aliphatic heterocycles. The van der Waals surface area contributed by atoms with Crippen LogP contribution in [0.4, 0.5) is 13.2 Å². The predicted octanol–water partition coefficient (Wildman–Crippen LogP) is 1.65. The second-order valence-corrected chi connectivity index (χ2v) is 2.74. The lowest BCUT2D eigenvalue weighted by Crippen LogP contribution is -2.13. The van der Waals surface area contributed by atoms with Gasteiger partial charge in [0, 0.05) is 12.3 Å². The van der Waals surface area contributed by atoms with Crippen LogP contribution in [0.5, 0.6) is 5.75 Å².